The first-order valence-corrected chi connectivity index (χ1v) is 8.07. The lowest BCUT2D eigenvalue weighted by Crippen LogP contribution is -1.87. The minimum absolute atomic E-state index is 0.0588. The number of fused-ring (bicyclic) bond motifs is 1. The van der Waals surface area contributed by atoms with Gasteiger partial charge in [-0.3, -0.25) is 0 Å². The van der Waals surface area contributed by atoms with Crippen LogP contribution in [0, 0.1) is 0 Å². The van der Waals surface area contributed by atoms with Crippen LogP contribution in [0.2, 0.25) is 0 Å². The van der Waals surface area contributed by atoms with E-state index in [1.54, 1.807) is 30.3 Å². The van der Waals surface area contributed by atoms with Crippen LogP contribution in [0.3, 0.4) is 0 Å². The molecule has 0 bridgehead atoms. The zero-order valence-corrected chi connectivity index (χ0v) is 13.9. The van der Waals surface area contributed by atoms with Crippen molar-refractivity contribution < 1.29 is 29.9 Å². The molecule has 0 unspecified atom stereocenters. The summed E-state index contributed by atoms with van der Waals surface area (Å²) in [4.78, 5) is 0. The van der Waals surface area contributed by atoms with Crippen molar-refractivity contribution in [2.75, 3.05) is 0 Å². The predicted octanol–water partition coefficient (Wildman–Crippen LogP) is 4.58. The molecule has 3 aromatic carbocycles. The third-order valence-corrected chi connectivity index (χ3v) is 4.25. The van der Waals surface area contributed by atoms with E-state index in [0.29, 0.717) is 27.8 Å². The third kappa shape index (κ3) is 2.93. The summed E-state index contributed by atoms with van der Waals surface area (Å²) in [5.41, 5.74) is 1.89. The maximum Gasteiger partial charge on any atom is 0.368 e. The van der Waals surface area contributed by atoms with Gasteiger partial charge in [0.05, 0.1) is 17.7 Å². The minimum atomic E-state index is -0.305. The zero-order valence-electron chi connectivity index (χ0n) is 13.9. The second kappa shape index (κ2) is 6.10. The Morgan fingerprint density at radius 2 is 1.41 bits per heavy atom. The second-order valence-electron chi connectivity index (χ2n) is 6.12. The topological polar surface area (TPSA) is 112 Å². The van der Waals surface area contributed by atoms with Crippen LogP contribution in [0.4, 0.5) is 0 Å². The fourth-order valence-electron chi connectivity index (χ4n) is 3.01. The molecule has 6 heteroatoms. The Balaban J connectivity index is 2.06. The number of benzene rings is 3. The first-order valence-electron chi connectivity index (χ1n) is 8.07. The lowest BCUT2D eigenvalue weighted by Gasteiger charge is -2.06. The predicted molar refractivity (Wildman–Crippen MR) is 99.8 cm³/mol. The lowest BCUT2D eigenvalue weighted by molar-refractivity contribution is 0.404. The van der Waals surface area contributed by atoms with Crippen LogP contribution in [0.15, 0.2) is 65.1 Å². The normalized spacial score (nSPS) is 11.0. The molecule has 1 heterocycles. The standard InChI is InChI=1S/C21H14O6/c22-13-3-1-2-11(6-13)15-10-19(12-4-5-16(24)17(25)7-12)27-20-9-14(23)8-18(26)21(15)20/h1-10H,(H4-,22,23,24,25,26)/p+1. The van der Waals surface area contributed by atoms with Gasteiger partial charge in [-0.05, 0) is 29.8 Å². The summed E-state index contributed by atoms with van der Waals surface area (Å²) in [7, 11) is 0. The molecule has 1 aromatic heterocycles. The van der Waals surface area contributed by atoms with Gasteiger partial charge in [0.25, 0.3) is 0 Å². The van der Waals surface area contributed by atoms with Gasteiger partial charge in [0.15, 0.2) is 11.5 Å². The summed E-state index contributed by atoms with van der Waals surface area (Å²) in [5.74, 6) is -0.517. The minimum Gasteiger partial charge on any atom is -0.508 e. The fraction of sp³-hybridized carbons (Fsp3) is 0. The summed E-state index contributed by atoms with van der Waals surface area (Å²) in [5, 5.41) is 49.7. The van der Waals surface area contributed by atoms with Crippen molar-refractivity contribution in [2.45, 2.75) is 0 Å². The van der Waals surface area contributed by atoms with Gasteiger partial charge in [-0.1, -0.05) is 12.1 Å². The van der Waals surface area contributed by atoms with Crippen LogP contribution >= 0.6 is 0 Å². The summed E-state index contributed by atoms with van der Waals surface area (Å²) < 4.78 is 5.82. The number of phenols is 5. The molecule has 0 saturated heterocycles. The zero-order chi connectivity index (χ0) is 19.1. The van der Waals surface area contributed by atoms with Crippen molar-refractivity contribution >= 4 is 11.0 Å². The van der Waals surface area contributed by atoms with Gasteiger partial charge in [0.1, 0.15) is 22.6 Å². The third-order valence-electron chi connectivity index (χ3n) is 4.25. The van der Waals surface area contributed by atoms with Crippen molar-refractivity contribution in [3.05, 3.63) is 60.7 Å². The Morgan fingerprint density at radius 3 is 2.15 bits per heavy atom. The number of rotatable bonds is 2. The monoisotopic (exact) mass is 363 g/mol. The quantitative estimate of drug-likeness (QED) is 0.263. The first kappa shape index (κ1) is 16.5. The van der Waals surface area contributed by atoms with Crippen molar-refractivity contribution in [2.24, 2.45) is 0 Å². The SMILES string of the molecule is Oc1cccc(-c2cc(-c3ccc(O)c(O)c3)[o+]c3cc(O)cc(O)c23)c1. The van der Waals surface area contributed by atoms with Gasteiger partial charge in [-0.2, -0.15) is 0 Å². The molecule has 0 spiro atoms. The van der Waals surface area contributed by atoms with Crippen LogP contribution in [-0.2, 0) is 0 Å². The van der Waals surface area contributed by atoms with E-state index in [0.717, 1.165) is 0 Å². The highest BCUT2D eigenvalue weighted by molar-refractivity contribution is 6.00. The van der Waals surface area contributed by atoms with Gasteiger partial charge >= 0.3 is 11.3 Å². The van der Waals surface area contributed by atoms with Gasteiger partial charge in [0.2, 0.25) is 0 Å². The molecule has 0 amide bonds. The molecule has 0 fully saturated rings. The molecule has 27 heavy (non-hydrogen) atoms. The maximum atomic E-state index is 10.3. The van der Waals surface area contributed by atoms with Crippen LogP contribution in [0.25, 0.3) is 33.4 Å². The Bertz CT molecular complexity index is 1180. The summed E-state index contributed by atoms with van der Waals surface area (Å²) >= 11 is 0. The van der Waals surface area contributed by atoms with Gasteiger partial charge < -0.3 is 25.5 Å². The van der Waals surface area contributed by atoms with Crippen LogP contribution in [0.1, 0.15) is 0 Å². The van der Waals surface area contributed by atoms with E-state index in [-0.39, 0.29) is 34.3 Å². The molecule has 6 nitrogen and oxygen atoms in total. The lowest BCUT2D eigenvalue weighted by atomic mass is 9.98. The molecular formula is C21H15O6+. The van der Waals surface area contributed by atoms with Crippen molar-refractivity contribution in [3.8, 4) is 51.2 Å². The molecule has 134 valence electrons. The van der Waals surface area contributed by atoms with Crippen LogP contribution in [0.5, 0.6) is 28.7 Å². The Hall–Kier alpha value is -3.93. The van der Waals surface area contributed by atoms with E-state index < -0.39 is 0 Å². The fourth-order valence-corrected chi connectivity index (χ4v) is 3.01. The number of hydrogen-bond acceptors (Lipinski definition) is 5. The molecule has 4 rings (SSSR count). The highest BCUT2D eigenvalue weighted by Crippen LogP contribution is 2.42. The largest absolute Gasteiger partial charge is 0.508 e. The molecular weight excluding hydrogens is 348 g/mol. The van der Waals surface area contributed by atoms with Gasteiger partial charge in [-0.15, -0.1) is 0 Å². The molecule has 0 radical (unpaired) electrons. The van der Waals surface area contributed by atoms with E-state index in [2.05, 4.69) is 0 Å². The van der Waals surface area contributed by atoms with Gasteiger partial charge in [0, 0.05) is 17.7 Å². The molecule has 4 aromatic rings. The van der Waals surface area contributed by atoms with Crippen molar-refractivity contribution in [3.63, 3.8) is 0 Å². The molecule has 5 N–H and O–H groups in total. The Morgan fingerprint density at radius 1 is 0.593 bits per heavy atom. The highest BCUT2D eigenvalue weighted by atomic mass is 16.3. The second-order valence-corrected chi connectivity index (χ2v) is 6.12. The molecule has 0 atom stereocenters. The average Bonchev–Trinajstić information content (AvgIpc) is 2.62. The van der Waals surface area contributed by atoms with Crippen LogP contribution in [-0.4, -0.2) is 25.5 Å². The maximum absolute atomic E-state index is 10.3. The van der Waals surface area contributed by atoms with E-state index in [1.165, 1.54) is 30.3 Å². The van der Waals surface area contributed by atoms with E-state index in [4.69, 9.17) is 4.42 Å². The summed E-state index contributed by atoms with van der Waals surface area (Å²) in [6.07, 6.45) is 0. The molecule has 0 saturated carbocycles. The average molecular weight is 363 g/mol. The van der Waals surface area contributed by atoms with Gasteiger partial charge in [-0.25, -0.2) is 4.42 Å². The Kier molecular flexibility index (Phi) is 3.74. The smallest absolute Gasteiger partial charge is 0.368 e. The summed E-state index contributed by atoms with van der Waals surface area (Å²) in [6.45, 7) is 0. The molecule has 0 aliphatic rings. The number of hydrogen-bond donors (Lipinski definition) is 5. The molecule has 0 aliphatic carbocycles. The number of phenolic OH excluding ortho intramolecular Hbond substituents is 5. The van der Waals surface area contributed by atoms with Crippen molar-refractivity contribution in [1.29, 1.82) is 0 Å². The molecule has 0 aliphatic heterocycles. The van der Waals surface area contributed by atoms with E-state index in [9.17, 15) is 25.5 Å². The Labute approximate surface area is 153 Å². The summed E-state index contributed by atoms with van der Waals surface area (Å²) in [6, 6.07) is 15.0. The van der Waals surface area contributed by atoms with Crippen molar-refractivity contribution in [1.82, 2.24) is 0 Å². The first-order chi connectivity index (χ1) is 12.9. The highest BCUT2D eigenvalue weighted by Gasteiger charge is 2.24. The number of aromatic hydroxyl groups is 5. The van der Waals surface area contributed by atoms with E-state index >= 15 is 0 Å². The van der Waals surface area contributed by atoms with Crippen LogP contribution < -0.4 is 0 Å². The van der Waals surface area contributed by atoms with E-state index in [1.807, 2.05) is 0 Å².